The number of aromatic nitrogens is 2. The van der Waals surface area contributed by atoms with Crippen LogP contribution < -0.4 is 15.7 Å². The summed E-state index contributed by atoms with van der Waals surface area (Å²) in [6.45, 7) is 0.0418. The van der Waals surface area contributed by atoms with Crippen LogP contribution >= 0.6 is 0 Å². The lowest BCUT2D eigenvalue weighted by Crippen LogP contribution is -2.33. The lowest BCUT2D eigenvalue weighted by Gasteiger charge is -2.19. The third-order valence-electron chi connectivity index (χ3n) is 4.07. The Hall–Kier alpha value is -2.96. The Morgan fingerprint density at radius 2 is 1.96 bits per heavy atom. The summed E-state index contributed by atoms with van der Waals surface area (Å²) in [6, 6.07) is 5.37. The molecule has 1 aromatic heterocycles. The van der Waals surface area contributed by atoms with Crippen LogP contribution in [0.3, 0.4) is 0 Å². The number of carbonyl (C=O) groups is 1. The SMILES string of the molecule is O=C1CCC(=Nc2ccc3c(c2)OCc2c-3[nH][nH]c(=O)c2=O)C1. The highest BCUT2D eigenvalue weighted by molar-refractivity contribution is 6.09. The van der Waals surface area contributed by atoms with Crippen LogP contribution in [0.25, 0.3) is 11.3 Å². The van der Waals surface area contributed by atoms with Gasteiger partial charge in [-0.1, -0.05) is 0 Å². The van der Waals surface area contributed by atoms with E-state index in [0.29, 0.717) is 47.5 Å². The predicted molar refractivity (Wildman–Crippen MR) is 83.4 cm³/mol. The number of hydrogen-bond donors (Lipinski definition) is 2. The molecule has 1 aliphatic heterocycles. The van der Waals surface area contributed by atoms with Crippen LogP contribution in [0, 0.1) is 0 Å². The predicted octanol–water partition coefficient (Wildman–Crippen LogP) is 1.45. The van der Waals surface area contributed by atoms with E-state index in [1.165, 1.54) is 0 Å². The summed E-state index contributed by atoms with van der Waals surface area (Å²) >= 11 is 0. The molecule has 116 valence electrons. The number of ether oxygens (including phenoxy) is 1. The molecule has 2 aliphatic rings. The Morgan fingerprint density at radius 1 is 1.09 bits per heavy atom. The van der Waals surface area contributed by atoms with Gasteiger partial charge < -0.3 is 4.74 Å². The summed E-state index contributed by atoms with van der Waals surface area (Å²) < 4.78 is 5.60. The molecule has 1 aliphatic carbocycles. The Labute approximate surface area is 130 Å². The summed E-state index contributed by atoms with van der Waals surface area (Å²) in [4.78, 5) is 39.0. The lowest BCUT2D eigenvalue weighted by atomic mass is 10.0. The summed E-state index contributed by atoms with van der Waals surface area (Å²) in [5.41, 5.74) is 1.90. The van der Waals surface area contributed by atoms with Crippen molar-refractivity contribution in [3.63, 3.8) is 0 Å². The average Bonchev–Trinajstić information content (AvgIpc) is 2.95. The van der Waals surface area contributed by atoms with E-state index >= 15 is 0 Å². The zero-order chi connectivity index (χ0) is 16.0. The number of fused-ring (bicyclic) bond motifs is 3. The summed E-state index contributed by atoms with van der Waals surface area (Å²) in [5, 5.41) is 5.09. The molecular formula is C16H13N3O4. The van der Waals surface area contributed by atoms with Crippen LogP contribution in [0.5, 0.6) is 5.75 Å². The highest BCUT2D eigenvalue weighted by Gasteiger charge is 2.22. The lowest BCUT2D eigenvalue weighted by molar-refractivity contribution is -0.116. The zero-order valence-corrected chi connectivity index (χ0v) is 12.1. The largest absolute Gasteiger partial charge is 0.488 e. The van der Waals surface area contributed by atoms with Crippen molar-refractivity contribution in [2.75, 3.05) is 0 Å². The molecule has 0 saturated heterocycles. The van der Waals surface area contributed by atoms with Gasteiger partial charge >= 0.3 is 5.56 Å². The maximum Gasteiger partial charge on any atom is 0.310 e. The van der Waals surface area contributed by atoms with Crippen molar-refractivity contribution in [3.8, 4) is 17.0 Å². The van der Waals surface area contributed by atoms with Gasteiger partial charge in [-0.3, -0.25) is 29.6 Å². The fraction of sp³-hybridized carbons (Fsp3) is 0.250. The van der Waals surface area contributed by atoms with Gasteiger partial charge in [0.15, 0.2) is 0 Å². The van der Waals surface area contributed by atoms with E-state index in [-0.39, 0.29) is 12.4 Å². The smallest absolute Gasteiger partial charge is 0.310 e. The monoisotopic (exact) mass is 311 g/mol. The van der Waals surface area contributed by atoms with Crippen LogP contribution in [0.15, 0.2) is 32.8 Å². The quantitative estimate of drug-likeness (QED) is 0.778. The highest BCUT2D eigenvalue weighted by Crippen LogP contribution is 2.37. The van der Waals surface area contributed by atoms with Crippen LogP contribution in [-0.2, 0) is 11.4 Å². The fourth-order valence-corrected chi connectivity index (χ4v) is 2.89. The molecule has 0 amide bonds. The number of aliphatic imine (C=N–C) groups is 1. The van der Waals surface area contributed by atoms with Gasteiger partial charge in [0.05, 0.1) is 16.9 Å². The topological polar surface area (TPSA) is 104 Å². The molecule has 1 fully saturated rings. The van der Waals surface area contributed by atoms with Crippen molar-refractivity contribution >= 4 is 17.2 Å². The summed E-state index contributed by atoms with van der Waals surface area (Å²) in [7, 11) is 0. The molecule has 2 N–H and O–H groups in total. The maximum absolute atomic E-state index is 11.9. The second-order valence-corrected chi connectivity index (χ2v) is 5.62. The molecule has 0 atom stereocenters. The molecule has 0 bridgehead atoms. The van der Waals surface area contributed by atoms with Crippen molar-refractivity contribution in [1.29, 1.82) is 0 Å². The van der Waals surface area contributed by atoms with E-state index in [2.05, 4.69) is 15.2 Å². The van der Waals surface area contributed by atoms with Crippen molar-refractivity contribution < 1.29 is 9.53 Å². The summed E-state index contributed by atoms with van der Waals surface area (Å²) in [6.07, 6.45) is 1.67. The third-order valence-corrected chi connectivity index (χ3v) is 4.07. The number of aromatic amines is 2. The molecule has 23 heavy (non-hydrogen) atoms. The van der Waals surface area contributed by atoms with Gasteiger partial charge in [0.1, 0.15) is 18.1 Å². The standard InChI is InChI=1S/C16H13N3O4/c20-10-3-1-8(5-10)17-9-2-4-11-13(6-9)23-7-12-14(11)18-19-16(22)15(12)21/h2,4,6H,1,3,5,7H2,(H,18,21)(H,19,22). The number of H-pyrrole nitrogens is 2. The number of rotatable bonds is 1. The van der Waals surface area contributed by atoms with Gasteiger partial charge in [-0.15, -0.1) is 0 Å². The van der Waals surface area contributed by atoms with Gasteiger partial charge in [0.25, 0.3) is 5.43 Å². The Kier molecular flexibility index (Phi) is 3.00. The maximum atomic E-state index is 11.9. The van der Waals surface area contributed by atoms with Crippen LogP contribution in [0.2, 0.25) is 0 Å². The van der Waals surface area contributed by atoms with Crippen molar-refractivity contribution in [2.45, 2.75) is 25.9 Å². The zero-order valence-electron chi connectivity index (χ0n) is 12.1. The first-order chi connectivity index (χ1) is 11.1. The van der Waals surface area contributed by atoms with E-state index in [1.807, 2.05) is 0 Å². The second-order valence-electron chi connectivity index (χ2n) is 5.62. The van der Waals surface area contributed by atoms with E-state index in [9.17, 15) is 14.4 Å². The highest BCUT2D eigenvalue weighted by atomic mass is 16.5. The third kappa shape index (κ3) is 2.30. The minimum Gasteiger partial charge on any atom is -0.488 e. The number of nitrogens with zero attached hydrogens (tertiary/aromatic N) is 1. The van der Waals surface area contributed by atoms with Gasteiger partial charge in [-0.2, -0.15) is 0 Å². The van der Waals surface area contributed by atoms with Gasteiger partial charge in [-0.25, -0.2) is 0 Å². The minimum atomic E-state index is -0.690. The first kappa shape index (κ1) is 13.7. The Morgan fingerprint density at radius 3 is 2.74 bits per heavy atom. The molecule has 2 aromatic rings. The van der Waals surface area contributed by atoms with E-state index in [1.54, 1.807) is 18.2 Å². The van der Waals surface area contributed by atoms with Crippen LogP contribution in [0.1, 0.15) is 24.8 Å². The molecule has 7 nitrogen and oxygen atoms in total. The first-order valence-corrected chi connectivity index (χ1v) is 7.31. The Bertz CT molecular complexity index is 968. The molecule has 0 radical (unpaired) electrons. The van der Waals surface area contributed by atoms with Gasteiger partial charge in [-0.05, 0) is 18.6 Å². The number of ketones is 1. The van der Waals surface area contributed by atoms with E-state index in [4.69, 9.17) is 4.74 Å². The molecule has 0 spiro atoms. The van der Waals surface area contributed by atoms with Crippen molar-refractivity contribution in [1.82, 2.24) is 10.2 Å². The van der Waals surface area contributed by atoms with Crippen molar-refractivity contribution in [3.05, 3.63) is 44.3 Å². The number of hydrogen-bond acceptors (Lipinski definition) is 5. The molecular weight excluding hydrogens is 298 g/mol. The van der Waals surface area contributed by atoms with Crippen LogP contribution in [-0.4, -0.2) is 21.7 Å². The number of nitrogens with one attached hydrogen (secondary N) is 2. The van der Waals surface area contributed by atoms with Crippen molar-refractivity contribution in [2.24, 2.45) is 4.99 Å². The second kappa shape index (κ2) is 5.05. The van der Waals surface area contributed by atoms with E-state index < -0.39 is 11.0 Å². The Balaban J connectivity index is 1.77. The number of benzene rings is 1. The average molecular weight is 311 g/mol. The number of carbonyl (C=O) groups excluding carboxylic acids is 1. The molecule has 1 aromatic carbocycles. The van der Waals surface area contributed by atoms with Gasteiger partial charge in [0, 0.05) is 30.2 Å². The summed E-state index contributed by atoms with van der Waals surface area (Å²) in [5.74, 6) is 0.805. The normalized spacial score (nSPS) is 17.7. The van der Waals surface area contributed by atoms with E-state index in [0.717, 1.165) is 5.71 Å². The minimum absolute atomic E-state index is 0.0418. The molecule has 0 unspecified atom stereocenters. The first-order valence-electron chi connectivity index (χ1n) is 7.31. The molecule has 2 heterocycles. The number of Topliss-reactive ketones (excluding diaryl/α,β-unsaturated/α-hetero) is 1. The molecule has 7 heteroatoms. The van der Waals surface area contributed by atoms with Crippen LogP contribution in [0.4, 0.5) is 5.69 Å². The fourth-order valence-electron chi connectivity index (χ4n) is 2.89. The molecule has 1 saturated carbocycles. The molecule has 4 rings (SSSR count). The van der Waals surface area contributed by atoms with Gasteiger partial charge in [0.2, 0.25) is 0 Å².